The monoisotopic (exact) mass is 604 g/mol. The summed E-state index contributed by atoms with van der Waals surface area (Å²) in [6, 6.07) is 19.6. The number of esters is 1. The molecule has 0 bridgehead atoms. The van der Waals surface area contributed by atoms with Crippen LogP contribution in [0.4, 0.5) is 0 Å². The molecule has 0 amide bonds. The second-order valence-corrected chi connectivity index (χ2v) is 10.7. The summed E-state index contributed by atoms with van der Waals surface area (Å²) in [5.41, 5.74) is 2.47. The van der Waals surface area contributed by atoms with Crippen LogP contribution in [0.3, 0.4) is 0 Å². The lowest BCUT2D eigenvalue weighted by atomic mass is 9.97. The van der Waals surface area contributed by atoms with Gasteiger partial charge in [-0.1, -0.05) is 53.3 Å². The van der Waals surface area contributed by atoms with Crippen LogP contribution in [0.5, 0.6) is 17.2 Å². The fraction of sp³-hybridized carbons (Fsp3) is 0.219. The van der Waals surface area contributed by atoms with Gasteiger partial charge < -0.3 is 18.9 Å². The van der Waals surface area contributed by atoms with E-state index in [1.165, 1.54) is 29.2 Å². The number of hydrogen-bond acceptors (Lipinski definition) is 8. The van der Waals surface area contributed by atoms with Crippen LogP contribution in [0, 0.1) is 0 Å². The summed E-state index contributed by atoms with van der Waals surface area (Å²) in [5.74, 6) is 1.24. The number of aromatic nitrogens is 1. The molecule has 0 fully saturated rings. The van der Waals surface area contributed by atoms with E-state index in [9.17, 15) is 9.59 Å². The summed E-state index contributed by atoms with van der Waals surface area (Å²) in [5, 5.41) is 0.677. The fourth-order valence-electron chi connectivity index (χ4n) is 4.55. The van der Waals surface area contributed by atoms with E-state index in [4.69, 9.17) is 30.5 Å². The van der Waals surface area contributed by atoms with Crippen molar-refractivity contribution in [3.8, 4) is 17.2 Å². The minimum Gasteiger partial charge on any atom is -0.490 e. The highest BCUT2D eigenvalue weighted by molar-refractivity contribution is 7.07. The van der Waals surface area contributed by atoms with Crippen molar-refractivity contribution < 1.29 is 23.7 Å². The molecule has 8 nitrogen and oxygen atoms in total. The quantitative estimate of drug-likeness (QED) is 0.236. The smallest absolute Gasteiger partial charge is 0.337 e. The third-order valence-electron chi connectivity index (χ3n) is 6.50. The molecule has 5 rings (SSSR count). The number of carbonyl (C=O) groups excluding carboxylic acids is 1. The summed E-state index contributed by atoms with van der Waals surface area (Å²) in [4.78, 5) is 31.5. The molecule has 0 spiro atoms. The first-order chi connectivity index (χ1) is 20.4. The van der Waals surface area contributed by atoms with Gasteiger partial charge in [-0.3, -0.25) is 9.36 Å². The van der Waals surface area contributed by atoms with Gasteiger partial charge in [-0.25, -0.2) is 9.79 Å². The van der Waals surface area contributed by atoms with Crippen LogP contribution < -0.4 is 29.1 Å². The van der Waals surface area contributed by atoms with Crippen LogP contribution in [-0.4, -0.2) is 30.9 Å². The molecule has 1 atom stereocenters. The Morgan fingerprint density at radius 2 is 1.69 bits per heavy atom. The predicted molar refractivity (Wildman–Crippen MR) is 162 cm³/mol. The molecular formula is C32H29ClN2O6S. The Balaban J connectivity index is 1.48. The van der Waals surface area contributed by atoms with Crippen LogP contribution >= 0.6 is 22.9 Å². The van der Waals surface area contributed by atoms with E-state index < -0.39 is 12.0 Å². The van der Waals surface area contributed by atoms with Crippen molar-refractivity contribution >= 4 is 35.0 Å². The average molecular weight is 605 g/mol. The lowest BCUT2D eigenvalue weighted by Gasteiger charge is -2.23. The third-order valence-corrected chi connectivity index (χ3v) is 7.75. The number of methoxy groups -OCH3 is 1. The number of rotatable bonds is 10. The van der Waals surface area contributed by atoms with E-state index in [0.717, 1.165) is 11.1 Å². The van der Waals surface area contributed by atoms with Gasteiger partial charge in [0.2, 0.25) is 0 Å². The molecule has 1 aliphatic rings. The molecule has 2 heterocycles. The zero-order valence-electron chi connectivity index (χ0n) is 23.3. The normalized spacial score (nSPS) is 14.4. The minimum absolute atomic E-state index is 0.241. The number of carbonyl (C=O) groups is 1. The van der Waals surface area contributed by atoms with E-state index in [1.807, 2.05) is 68.4 Å². The Morgan fingerprint density at radius 3 is 2.38 bits per heavy atom. The lowest BCUT2D eigenvalue weighted by Crippen LogP contribution is -2.39. The molecular weight excluding hydrogens is 576 g/mol. The Hall–Kier alpha value is -4.34. The van der Waals surface area contributed by atoms with Crippen LogP contribution in [-0.2, 0) is 16.1 Å². The largest absolute Gasteiger partial charge is 0.490 e. The van der Waals surface area contributed by atoms with Crippen molar-refractivity contribution in [2.24, 2.45) is 4.99 Å². The minimum atomic E-state index is -0.755. The number of ether oxygens (including phenoxy) is 4. The van der Waals surface area contributed by atoms with Gasteiger partial charge in [-0.05, 0) is 73.0 Å². The number of hydrogen-bond donors (Lipinski definition) is 0. The molecule has 0 unspecified atom stereocenters. The summed E-state index contributed by atoms with van der Waals surface area (Å²) in [6.45, 7) is 5.08. The molecule has 1 aliphatic heterocycles. The fourth-order valence-corrected chi connectivity index (χ4v) is 5.64. The SMILES string of the molecule is CCOc1ccc([C@H]2C(C(=O)OC)=CN=c3s/c(=C\c4ccc(OCc5ccc(Cl)cc5)cc4)c(=O)n32)cc1OCC. The Bertz CT molecular complexity index is 1790. The first kappa shape index (κ1) is 29.2. The predicted octanol–water partition coefficient (Wildman–Crippen LogP) is 5.05. The summed E-state index contributed by atoms with van der Waals surface area (Å²) in [6.07, 6.45) is 3.27. The molecule has 0 saturated carbocycles. The van der Waals surface area contributed by atoms with E-state index in [0.29, 0.717) is 57.0 Å². The standard InChI is InChI=1S/C32H29ClN2O6S/c1-4-39-26-15-10-22(17-27(26)40-5-2)29-25(31(37)38-3)18-34-32-35(29)30(36)28(42-32)16-20-8-13-24(14-9-20)41-19-21-6-11-23(33)12-7-21/h6-18,29H,4-5,19H2,1-3H3/b28-16-/t29-/m0/s1. The van der Waals surface area contributed by atoms with Crippen molar-refractivity contribution in [1.29, 1.82) is 0 Å². The van der Waals surface area contributed by atoms with Crippen molar-refractivity contribution in [2.45, 2.75) is 26.5 Å². The number of fused-ring (bicyclic) bond motifs is 1. The maximum atomic E-state index is 13.8. The van der Waals surface area contributed by atoms with E-state index >= 15 is 0 Å². The molecule has 0 N–H and O–H groups in total. The second-order valence-electron chi connectivity index (χ2n) is 9.23. The van der Waals surface area contributed by atoms with Crippen molar-refractivity contribution in [3.63, 3.8) is 0 Å². The van der Waals surface area contributed by atoms with Crippen LogP contribution in [0.1, 0.15) is 36.6 Å². The maximum Gasteiger partial charge on any atom is 0.337 e. The van der Waals surface area contributed by atoms with E-state index in [-0.39, 0.29) is 11.1 Å². The molecule has 0 saturated heterocycles. The van der Waals surface area contributed by atoms with Gasteiger partial charge >= 0.3 is 5.97 Å². The molecule has 0 aliphatic carbocycles. The summed E-state index contributed by atoms with van der Waals surface area (Å²) < 4.78 is 24.4. The number of nitrogens with zero attached hydrogens (tertiary/aromatic N) is 2. The van der Waals surface area contributed by atoms with Crippen molar-refractivity contribution in [2.75, 3.05) is 20.3 Å². The Labute approximate surface area is 251 Å². The third kappa shape index (κ3) is 6.27. The molecule has 1 aromatic heterocycles. The average Bonchev–Trinajstić information content (AvgIpc) is 3.32. The molecule has 10 heteroatoms. The lowest BCUT2D eigenvalue weighted by molar-refractivity contribution is -0.136. The van der Waals surface area contributed by atoms with Crippen molar-refractivity contribution in [3.05, 3.63) is 120 Å². The van der Waals surface area contributed by atoms with Gasteiger partial charge in [-0.15, -0.1) is 0 Å². The zero-order valence-corrected chi connectivity index (χ0v) is 24.9. The van der Waals surface area contributed by atoms with Crippen LogP contribution in [0.15, 0.2) is 88.3 Å². The number of halogens is 1. The van der Waals surface area contributed by atoms with Gasteiger partial charge in [-0.2, -0.15) is 0 Å². The van der Waals surface area contributed by atoms with Gasteiger partial charge in [0.15, 0.2) is 16.3 Å². The highest BCUT2D eigenvalue weighted by Crippen LogP contribution is 2.35. The van der Waals surface area contributed by atoms with Crippen LogP contribution in [0.2, 0.25) is 5.02 Å². The summed E-state index contributed by atoms with van der Waals surface area (Å²) >= 11 is 7.20. The summed E-state index contributed by atoms with van der Waals surface area (Å²) in [7, 11) is 1.30. The Morgan fingerprint density at radius 1 is 0.976 bits per heavy atom. The molecule has 3 aromatic carbocycles. The molecule has 42 heavy (non-hydrogen) atoms. The van der Waals surface area contributed by atoms with E-state index in [2.05, 4.69) is 4.99 Å². The second kappa shape index (κ2) is 13.1. The Kier molecular flexibility index (Phi) is 9.09. The zero-order chi connectivity index (χ0) is 29.6. The maximum absolute atomic E-state index is 13.8. The highest BCUT2D eigenvalue weighted by atomic mass is 35.5. The first-order valence-corrected chi connectivity index (χ1v) is 14.6. The van der Waals surface area contributed by atoms with Gasteiger partial charge in [0, 0.05) is 11.2 Å². The van der Waals surface area contributed by atoms with Gasteiger partial charge in [0.1, 0.15) is 12.4 Å². The van der Waals surface area contributed by atoms with Crippen molar-refractivity contribution in [1.82, 2.24) is 4.57 Å². The van der Waals surface area contributed by atoms with Crippen LogP contribution in [0.25, 0.3) is 6.08 Å². The van der Waals surface area contributed by atoms with E-state index in [1.54, 1.807) is 18.2 Å². The number of benzene rings is 3. The first-order valence-electron chi connectivity index (χ1n) is 13.4. The van der Waals surface area contributed by atoms with Gasteiger partial charge in [0.05, 0.1) is 36.5 Å². The topological polar surface area (TPSA) is 88.4 Å². The molecule has 216 valence electrons. The molecule has 0 radical (unpaired) electrons. The number of thiazole rings is 1. The highest BCUT2D eigenvalue weighted by Gasteiger charge is 2.31. The van der Waals surface area contributed by atoms with Gasteiger partial charge in [0.25, 0.3) is 5.56 Å². The molecule has 4 aromatic rings.